The first kappa shape index (κ1) is 19.5. The number of carbonyl (C=O) groups excluding carboxylic acids is 2. The van der Waals surface area contributed by atoms with Gasteiger partial charge < -0.3 is 16.4 Å². The van der Waals surface area contributed by atoms with Gasteiger partial charge in [0.1, 0.15) is 0 Å². The largest absolute Gasteiger partial charge is 0.354 e. The summed E-state index contributed by atoms with van der Waals surface area (Å²) in [6.45, 7) is 0.613. The van der Waals surface area contributed by atoms with E-state index in [2.05, 4.69) is 10.6 Å². The van der Waals surface area contributed by atoms with Crippen LogP contribution in [0.2, 0.25) is 0 Å². The van der Waals surface area contributed by atoms with E-state index >= 15 is 0 Å². The van der Waals surface area contributed by atoms with Crippen LogP contribution in [-0.4, -0.2) is 30.4 Å². The van der Waals surface area contributed by atoms with Crippen LogP contribution in [0.1, 0.15) is 64.2 Å². The van der Waals surface area contributed by atoms with Crippen molar-refractivity contribution in [3.05, 3.63) is 0 Å². The van der Waals surface area contributed by atoms with E-state index in [0.29, 0.717) is 12.5 Å². The second-order valence-corrected chi connectivity index (χ2v) is 7.78. The van der Waals surface area contributed by atoms with Crippen molar-refractivity contribution in [3.63, 3.8) is 0 Å². The minimum Gasteiger partial charge on any atom is -0.354 e. The Hall–Kier alpha value is -0.810. The molecular formula is C18H32ClN3O2. The second-order valence-electron chi connectivity index (χ2n) is 7.78. The Morgan fingerprint density at radius 1 is 0.875 bits per heavy atom. The van der Waals surface area contributed by atoms with Gasteiger partial charge in [-0.1, -0.05) is 12.8 Å². The monoisotopic (exact) mass is 357 g/mol. The fourth-order valence-corrected chi connectivity index (χ4v) is 4.06. The van der Waals surface area contributed by atoms with E-state index in [1.165, 1.54) is 25.7 Å². The summed E-state index contributed by atoms with van der Waals surface area (Å²) in [6, 6.07) is 0.391. The highest BCUT2D eigenvalue weighted by molar-refractivity contribution is 5.85. The van der Waals surface area contributed by atoms with E-state index < -0.39 is 0 Å². The Morgan fingerprint density at radius 3 is 2.04 bits per heavy atom. The molecule has 0 radical (unpaired) electrons. The maximum Gasteiger partial charge on any atom is 0.223 e. The minimum absolute atomic E-state index is 0. The quantitative estimate of drug-likeness (QED) is 0.680. The molecule has 0 bridgehead atoms. The van der Waals surface area contributed by atoms with Gasteiger partial charge >= 0.3 is 0 Å². The zero-order chi connectivity index (χ0) is 16.2. The van der Waals surface area contributed by atoms with Crippen molar-refractivity contribution in [1.82, 2.24) is 10.6 Å². The molecular weight excluding hydrogens is 326 g/mol. The highest BCUT2D eigenvalue weighted by atomic mass is 35.5. The summed E-state index contributed by atoms with van der Waals surface area (Å²) in [6.07, 6.45) is 10.5. The third kappa shape index (κ3) is 5.35. The Bertz CT molecular complexity index is 428. The molecule has 1 atom stereocenters. The first-order chi connectivity index (χ1) is 11.1. The van der Waals surface area contributed by atoms with E-state index in [0.717, 1.165) is 38.5 Å². The number of halogens is 1. The number of nitrogens with two attached hydrogens (primary N) is 1. The standard InChI is InChI=1S/C18H31N3O2.ClH/c19-16(12-5-6-12)11-20-17(22)14-7-9-15(10-8-14)21-18(23)13-3-1-2-4-13;/h12-16H,1-11,19H2,(H,20,22)(H,21,23);1H. The van der Waals surface area contributed by atoms with Gasteiger partial charge in [-0.15, -0.1) is 12.4 Å². The van der Waals surface area contributed by atoms with Gasteiger partial charge in [-0.3, -0.25) is 9.59 Å². The summed E-state index contributed by atoms with van der Waals surface area (Å²) in [4.78, 5) is 24.4. The van der Waals surface area contributed by atoms with Crippen LogP contribution in [0.4, 0.5) is 0 Å². The number of nitrogens with one attached hydrogen (secondary N) is 2. The predicted octanol–water partition coefficient (Wildman–Crippen LogP) is 2.13. The lowest BCUT2D eigenvalue weighted by Crippen LogP contribution is -2.44. The average Bonchev–Trinajstić information content (AvgIpc) is 3.27. The van der Waals surface area contributed by atoms with Gasteiger partial charge in [0.05, 0.1) is 0 Å². The van der Waals surface area contributed by atoms with E-state index in [1.54, 1.807) is 0 Å². The molecule has 0 aromatic carbocycles. The molecule has 0 saturated heterocycles. The topological polar surface area (TPSA) is 84.2 Å². The van der Waals surface area contributed by atoms with Gasteiger partial charge in [-0.2, -0.15) is 0 Å². The normalized spacial score (nSPS) is 28.7. The summed E-state index contributed by atoms with van der Waals surface area (Å²) in [7, 11) is 0. The lowest BCUT2D eigenvalue weighted by molar-refractivity contribution is -0.126. The van der Waals surface area contributed by atoms with Crippen LogP contribution in [0.25, 0.3) is 0 Å². The third-order valence-electron chi connectivity index (χ3n) is 5.91. The third-order valence-corrected chi connectivity index (χ3v) is 5.91. The molecule has 3 rings (SSSR count). The molecule has 138 valence electrons. The fourth-order valence-electron chi connectivity index (χ4n) is 4.06. The van der Waals surface area contributed by atoms with Gasteiger partial charge in [0, 0.05) is 30.5 Å². The number of rotatable bonds is 6. The Morgan fingerprint density at radius 2 is 1.46 bits per heavy atom. The Labute approximate surface area is 151 Å². The summed E-state index contributed by atoms with van der Waals surface area (Å²) >= 11 is 0. The predicted molar refractivity (Wildman–Crippen MR) is 96.8 cm³/mol. The molecule has 3 aliphatic carbocycles. The van der Waals surface area contributed by atoms with Crippen LogP contribution in [0.3, 0.4) is 0 Å². The van der Waals surface area contributed by atoms with Gasteiger partial charge in [-0.05, 0) is 57.3 Å². The molecule has 0 aromatic heterocycles. The van der Waals surface area contributed by atoms with Crippen LogP contribution >= 0.6 is 12.4 Å². The number of amides is 2. The fraction of sp³-hybridized carbons (Fsp3) is 0.889. The Balaban J connectivity index is 0.00000208. The van der Waals surface area contributed by atoms with Crippen molar-refractivity contribution < 1.29 is 9.59 Å². The minimum atomic E-state index is 0. The molecule has 2 amide bonds. The zero-order valence-electron chi connectivity index (χ0n) is 14.5. The Kier molecular flexibility index (Phi) is 7.35. The number of carbonyl (C=O) groups is 2. The molecule has 0 spiro atoms. The van der Waals surface area contributed by atoms with Crippen LogP contribution in [0, 0.1) is 17.8 Å². The molecule has 6 heteroatoms. The van der Waals surface area contributed by atoms with E-state index in [1.807, 2.05) is 0 Å². The van der Waals surface area contributed by atoms with Crippen molar-refractivity contribution in [3.8, 4) is 0 Å². The van der Waals surface area contributed by atoms with Gasteiger partial charge in [0.15, 0.2) is 0 Å². The number of hydrogen-bond donors (Lipinski definition) is 3. The smallest absolute Gasteiger partial charge is 0.223 e. The lowest BCUT2D eigenvalue weighted by atomic mass is 9.85. The lowest BCUT2D eigenvalue weighted by Gasteiger charge is -2.29. The summed E-state index contributed by atoms with van der Waals surface area (Å²) in [5.41, 5.74) is 6.03. The van der Waals surface area contributed by atoms with Crippen molar-refractivity contribution in [2.24, 2.45) is 23.5 Å². The molecule has 24 heavy (non-hydrogen) atoms. The van der Waals surface area contributed by atoms with Gasteiger partial charge in [-0.25, -0.2) is 0 Å². The van der Waals surface area contributed by atoms with Gasteiger partial charge in [0.2, 0.25) is 11.8 Å². The number of hydrogen-bond acceptors (Lipinski definition) is 3. The molecule has 0 aromatic rings. The molecule has 3 saturated carbocycles. The van der Waals surface area contributed by atoms with Crippen molar-refractivity contribution in [1.29, 1.82) is 0 Å². The summed E-state index contributed by atoms with van der Waals surface area (Å²) in [5.74, 6) is 1.35. The maximum absolute atomic E-state index is 12.2. The van der Waals surface area contributed by atoms with Crippen LogP contribution < -0.4 is 16.4 Å². The first-order valence-corrected chi connectivity index (χ1v) is 9.47. The van der Waals surface area contributed by atoms with Crippen molar-refractivity contribution >= 4 is 24.2 Å². The van der Waals surface area contributed by atoms with Gasteiger partial charge in [0.25, 0.3) is 0 Å². The molecule has 5 nitrogen and oxygen atoms in total. The van der Waals surface area contributed by atoms with Crippen LogP contribution in [-0.2, 0) is 9.59 Å². The van der Waals surface area contributed by atoms with E-state index in [9.17, 15) is 9.59 Å². The highest BCUT2D eigenvalue weighted by Crippen LogP contribution is 2.31. The highest BCUT2D eigenvalue weighted by Gasteiger charge is 2.31. The molecule has 1 unspecified atom stereocenters. The zero-order valence-corrected chi connectivity index (χ0v) is 15.3. The van der Waals surface area contributed by atoms with Crippen molar-refractivity contribution in [2.75, 3.05) is 6.54 Å². The first-order valence-electron chi connectivity index (χ1n) is 9.47. The van der Waals surface area contributed by atoms with Crippen LogP contribution in [0.5, 0.6) is 0 Å². The van der Waals surface area contributed by atoms with E-state index in [-0.39, 0.29) is 48.1 Å². The van der Waals surface area contributed by atoms with E-state index in [4.69, 9.17) is 5.73 Å². The second kappa shape index (κ2) is 9.04. The van der Waals surface area contributed by atoms with Crippen LogP contribution in [0.15, 0.2) is 0 Å². The molecule has 0 aliphatic heterocycles. The summed E-state index contributed by atoms with van der Waals surface area (Å²) < 4.78 is 0. The molecule has 3 aliphatic rings. The molecule has 0 heterocycles. The molecule has 3 fully saturated rings. The SMILES string of the molecule is Cl.NC(CNC(=O)C1CCC(NC(=O)C2CCCC2)CC1)C1CC1. The molecule has 4 N–H and O–H groups in total. The summed E-state index contributed by atoms with van der Waals surface area (Å²) in [5, 5.41) is 6.23. The maximum atomic E-state index is 12.2. The average molecular weight is 358 g/mol. The van der Waals surface area contributed by atoms with Crippen molar-refractivity contribution in [2.45, 2.75) is 76.3 Å².